The molecule has 1 saturated heterocycles. The Morgan fingerprint density at radius 3 is 2.36 bits per heavy atom. The molecule has 0 aromatic carbocycles. The van der Waals surface area contributed by atoms with Crippen LogP contribution in [0.25, 0.3) is 0 Å². The number of likely N-dealkylation sites (N-methyl/N-ethyl adjacent to an activating group) is 1. The Labute approximate surface area is 70.8 Å². The summed E-state index contributed by atoms with van der Waals surface area (Å²) in [6.45, 7) is 8.64. The largest absolute Gasteiger partial charge is 0.315 e. The molecule has 1 heterocycles. The van der Waals surface area contributed by atoms with Gasteiger partial charge in [-0.15, -0.1) is 0 Å². The van der Waals surface area contributed by atoms with Crippen LogP contribution in [0.5, 0.6) is 0 Å². The second-order valence-corrected chi connectivity index (χ2v) is 2.87. The van der Waals surface area contributed by atoms with Gasteiger partial charge in [0.15, 0.2) is 0 Å². The van der Waals surface area contributed by atoms with Gasteiger partial charge in [-0.3, -0.25) is 0 Å². The van der Waals surface area contributed by atoms with Gasteiger partial charge in [0.05, 0.1) is 0 Å². The van der Waals surface area contributed by atoms with Crippen LogP contribution in [0.1, 0.15) is 27.2 Å². The van der Waals surface area contributed by atoms with Crippen LogP contribution in [0.3, 0.4) is 0 Å². The Kier molecular flexibility index (Phi) is 6.57. The molecule has 0 aromatic rings. The zero-order valence-electron chi connectivity index (χ0n) is 8.28. The first kappa shape index (κ1) is 10.9. The van der Waals surface area contributed by atoms with E-state index in [1.165, 1.54) is 13.0 Å². The maximum atomic E-state index is 3.35. The maximum absolute atomic E-state index is 3.35. The van der Waals surface area contributed by atoms with E-state index in [0.717, 1.165) is 12.5 Å². The van der Waals surface area contributed by atoms with Crippen molar-refractivity contribution in [2.24, 2.45) is 5.92 Å². The molecule has 1 aliphatic heterocycles. The zero-order valence-corrected chi connectivity index (χ0v) is 8.28. The van der Waals surface area contributed by atoms with Crippen molar-refractivity contribution in [1.29, 1.82) is 0 Å². The third-order valence-electron chi connectivity index (χ3n) is 2.20. The Bertz CT molecular complexity index is 83.6. The van der Waals surface area contributed by atoms with Crippen molar-refractivity contribution < 1.29 is 0 Å². The summed E-state index contributed by atoms with van der Waals surface area (Å²) in [6, 6.07) is 0.693. The minimum Gasteiger partial charge on any atom is -0.315 e. The third-order valence-corrected chi connectivity index (χ3v) is 2.20. The second kappa shape index (κ2) is 6.62. The van der Waals surface area contributed by atoms with E-state index in [9.17, 15) is 0 Å². The van der Waals surface area contributed by atoms with E-state index in [2.05, 4.69) is 17.6 Å². The zero-order chi connectivity index (χ0) is 8.69. The van der Waals surface area contributed by atoms with E-state index in [-0.39, 0.29) is 0 Å². The molecule has 0 radical (unpaired) electrons. The van der Waals surface area contributed by atoms with Crippen LogP contribution in [0.15, 0.2) is 0 Å². The van der Waals surface area contributed by atoms with Crippen LogP contribution in [0.4, 0.5) is 0 Å². The smallest absolute Gasteiger partial charge is 0.0215 e. The van der Waals surface area contributed by atoms with Gasteiger partial charge in [-0.25, -0.2) is 0 Å². The second-order valence-electron chi connectivity index (χ2n) is 2.87. The van der Waals surface area contributed by atoms with Gasteiger partial charge < -0.3 is 10.6 Å². The minimum atomic E-state index is 0.693. The molecular weight excluding hydrogens is 136 g/mol. The highest BCUT2D eigenvalue weighted by Gasteiger charge is 2.17. The molecule has 2 unspecified atom stereocenters. The summed E-state index contributed by atoms with van der Waals surface area (Å²) in [5.74, 6) is 0.844. The van der Waals surface area contributed by atoms with Crippen molar-refractivity contribution in [3.8, 4) is 0 Å². The van der Waals surface area contributed by atoms with Gasteiger partial charge in [0.25, 0.3) is 0 Å². The summed E-state index contributed by atoms with van der Waals surface area (Å²) in [5, 5.41) is 6.64. The number of piperidine rings is 1. The lowest BCUT2D eigenvalue weighted by molar-refractivity contribution is 0.311. The lowest BCUT2D eigenvalue weighted by atomic mass is 9.95. The molecule has 0 saturated carbocycles. The van der Waals surface area contributed by atoms with Gasteiger partial charge in [-0.1, -0.05) is 20.8 Å². The Morgan fingerprint density at radius 1 is 1.36 bits per heavy atom. The fourth-order valence-corrected chi connectivity index (χ4v) is 1.38. The van der Waals surface area contributed by atoms with Crippen molar-refractivity contribution in [2.45, 2.75) is 33.2 Å². The highest BCUT2D eigenvalue weighted by atomic mass is 15.0. The van der Waals surface area contributed by atoms with Crippen LogP contribution in [-0.4, -0.2) is 26.2 Å². The summed E-state index contributed by atoms with van der Waals surface area (Å²) >= 11 is 0. The summed E-state index contributed by atoms with van der Waals surface area (Å²) in [4.78, 5) is 0. The Balaban J connectivity index is 0.000000461. The molecule has 1 rings (SSSR count). The summed E-state index contributed by atoms with van der Waals surface area (Å²) in [6.07, 6.45) is 1.31. The average molecular weight is 158 g/mol. The SMILES string of the molecule is CC.CNC1CNCCC1C. The quantitative estimate of drug-likeness (QED) is 0.600. The molecule has 2 atom stereocenters. The Hall–Kier alpha value is -0.0800. The first-order valence-electron chi connectivity index (χ1n) is 4.72. The van der Waals surface area contributed by atoms with Crippen molar-refractivity contribution in [2.75, 3.05) is 20.1 Å². The molecule has 1 aliphatic rings. The van der Waals surface area contributed by atoms with E-state index in [1.54, 1.807) is 0 Å². The fourth-order valence-electron chi connectivity index (χ4n) is 1.38. The van der Waals surface area contributed by atoms with Gasteiger partial charge in [0, 0.05) is 12.6 Å². The van der Waals surface area contributed by atoms with Gasteiger partial charge in [-0.2, -0.15) is 0 Å². The van der Waals surface area contributed by atoms with E-state index in [1.807, 2.05) is 20.9 Å². The fraction of sp³-hybridized carbons (Fsp3) is 1.00. The molecule has 1 fully saturated rings. The number of rotatable bonds is 1. The molecule has 2 N–H and O–H groups in total. The van der Waals surface area contributed by atoms with E-state index in [4.69, 9.17) is 0 Å². The first-order valence-corrected chi connectivity index (χ1v) is 4.72. The molecule has 68 valence electrons. The van der Waals surface area contributed by atoms with Crippen LogP contribution < -0.4 is 10.6 Å². The molecule has 0 aliphatic carbocycles. The van der Waals surface area contributed by atoms with Gasteiger partial charge in [0.2, 0.25) is 0 Å². The first-order chi connectivity index (χ1) is 5.34. The van der Waals surface area contributed by atoms with E-state index >= 15 is 0 Å². The molecule has 2 heteroatoms. The summed E-state index contributed by atoms with van der Waals surface area (Å²) in [5.41, 5.74) is 0. The molecule has 0 aromatic heterocycles. The van der Waals surface area contributed by atoms with Gasteiger partial charge >= 0.3 is 0 Å². The average Bonchev–Trinajstić information content (AvgIpc) is 2.09. The number of nitrogens with one attached hydrogen (secondary N) is 2. The monoisotopic (exact) mass is 158 g/mol. The molecule has 0 amide bonds. The normalized spacial score (nSPS) is 30.5. The van der Waals surface area contributed by atoms with Crippen molar-refractivity contribution in [3.63, 3.8) is 0 Å². The topological polar surface area (TPSA) is 24.1 Å². The number of hydrogen-bond donors (Lipinski definition) is 2. The standard InChI is InChI=1S/C7H16N2.C2H6/c1-6-3-4-9-5-7(6)8-2;1-2/h6-9H,3-5H2,1-2H3;1-2H3. The predicted octanol–water partition coefficient (Wildman–Crippen LogP) is 1.23. The molecule has 11 heavy (non-hydrogen) atoms. The number of hydrogen-bond acceptors (Lipinski definition) is 2. The van der Waals surface area contributed by atoms with Crippen LogP contribution in [0, 0.1) is 5.92 Å². The van der Waals surface area contributed by atoms with Gasteiger partial charge in [0.1, 0.15) is 0 Å². The lowest BCUT2D eigenvalue weighted by Gasteiger charge is -2.28. The van der Waals surface area contributed by atoms with Crippen LogP contribution >= 0.6 is 0 Å². The van der Waals surface area contributed by atoms with Crippen molar-refractivity contribution >= 4 is 0 Å². The molecule has 0 spiro atoms. The van der Waals surface area contributed by atoms with Gasteiger partial charge in [-0.05, 0) is 25.9 Å². The Morgan fingerprint density at radius 2 is 2.00 bits per heavy atom. The van der Waals surface area contributed by atoms with E-state index in [0.29, 0.717) is 6.04 Å². The van der Waals surface area contributed by atoms with Crippen molar-refractivity contribution in [3.05, 3.63) is 0 Å². The van der Waals surface area contributed by atoms with E-state index < -0.39 is 0 Å². The molecular formula is C9H22N2. The molecule has 2 nitrogen and oxygen atoms in total. The minimum absolute atomic E-state index is 0.693. The highest BCUT2D eigenvalue weighted by molar-refractivity contribution is 4.79. The predicted molar refractivity (Wildman–Crippen MR) is 50.8 cm³/mol. The molecule has 0 bridgehead atoms. The van der Waals surface area contributed by atoms with Crippen molar-refractivity contribution in [1.82, 2.24) is 10.6 Å². The van der Waals surface area contributed by atoms with Crippen LogP contribution in [-0.2, 0) is 0 Å². The summed E-state index contributed by atoms with van der Waals surface area (Å²) in [7, 11) is 2.04. The van der Waals surface area contributed by atoms with Crippen LogP contribution in [0.2, 0.25) is 0 Å². The summed E-state index contributed by atoms with van der Waals surface area (Å²) < 4.78 is 0. The lowest BCUT2D eigenvalue weighted by Crippen LogP contribution is -2.46. The third kappa shape index (κ3) is 3.73. The highest BCUT2D eigenvalue weighted by Crippen LogP contribution is 2.09. The maximum Gasteiger partial charge on any atom is 0.0215 e.